The van der Waals surface area contributed by atoms with E-state index in [0.29, 0.717) is 11.5 Å². The summed E-state index contributed by atoms with van der Waals surface area (Å²) in [7, 11) is 0. The normalized spacial score (nSPS) is 10.0. The van der Waals surface area contributed by atoms with Gasteiger partial charge in [-0.3, -0.25) is 10.1 Å². The molecule has 3 amide bonds. The molecule has 0 aliphatic rings. The molecule has 0 spiro atoms. The summed E-state index contributed by atoms with van der Waals surface area (Å²) in [5, 5.41) is 15.3. The van der Waals surface area contributed by atoms with Crippen LogP contribution >= 0.6 is 0 Å². The molecule has 0 bridgehead atoms. The first-order chi connectivity index (χ1) is 11.5. The van der Waals surface area contributed by atoms with Crippen LogP contribution in [0.5, 0.6) is 5.75 Å². The van der Waals surface area contributed by atoms with Crippen molar-refractivity contribution < 1.29 is 23.7 Å². The van der Waals surface area contributed by atoms with E-state index in [1.165, 1.54) is 18.4 Å². The zero-order chi connectivity index (χ0) is 17.5. The average Bonchev–Trinajstić information content (AvgIpc) is 3.05. The van der Waals surface area contributed by atoms with Crippen molar-refractivity contribution >= 4 is 17.8 Å². The molecule has 0 unspecified atom stereocenters. The van der Waals surface area contributed by atoms with Crippen LogP contribution in [0.4, 0.5) is 10.6 Å². The maximum absolute atomic E-state index is 11.6. The molecule has 2 aromatic heterocycles. The molecule has 2 aromatic rings. The fourth-order valence-corrected chi connectivity index (χ4v) is 1.70. The number of nitrogens with zero attached hydrogens (tertiary/aromatic N) is 2. The number of ether oxygens (including phenoxy) is 1. The molecule has 0 aliphatic heterocycles. The fraction of sp³-hybridized carbons (Fsp3) is 0.214. The summed E-state index contributed by atoms with van der Waals surface area (Å²) in [5.41, 5.74) is 0.441. The van der Waals surface area contributed by atoms with Crippen molar-refractivity contribution in [1.29, 1.82) is 0 Å². The highest BCUT2D eigenvalue weighted by Gasteiger charge is 2.19. The third-order valence-corrected chi connectivity index (χ3v) is 2.77. The van der Waals surface area contributed by atoms with Crippen molar-refractivity contribution in [2.45, 2.75) is 13.5 Å². The third-order valence-electron chi connectivity index (χ3n) is 2.77. The van der Waals surface area contributed by atoms with Gasteiger partial charge in [0.1, 0.15) is 11.5 Å². The van der Waals surface area contributed by atoms with Crippen molar-refractivity contribution in [3.8, 4) is 5.75 Å². The van der Waals surface area contributed by atoms with Crippen LogP contribution in [0.15, 0.2) is 34.9 Å². The van der Waals surface area contributed by atoms with Gasteiger partial charge in [0.15, 0.2) is 6.61 Å². The number of aromatic nitrogens is 1. The Balaban J connectivity index is 1.82. The van der Waals surface area contributed by atoms with Crippen molar-refractivity contribution in [3.05, 3.63) is 52.1 Å². The summed E-state index contributed by atoms with van der Waals surface area (Å²) in [6.07, 6.45) is 1.45. The first kappa shape index (κ1) is 16.9. The monoisotopic (exact) mass is 334 g/mol. The molecule has 0 fully saturated rings. The number of nitro groups is 1. The minimum atomic E-state index is -0.762. The second-order valence-corrected chi connectivity index (χ2v) is 4.63. The highest BCUT2D eigenvalue weighted by Crippen LogP contribution is 2.24. The van der Waals surface area contributed by atoms with E-state index in [0.717, 1.165) is 0 Å². The topological polar surface area (TPSA) is 137 Å². The molecule has 2 heterocycles. The van der Waals surface area contributed by atoms with Crippen molar-refractivity contribution in [1.82, 2.24) is 15.6 Å². The number of aryl methyl sites for hydroxylation is 1. The molecule has 2 rings (SSSR count). The average molecular weight is 334 g/mol. The number of carbonyl (C=O) groups is 2. The van der Waals surface area contributed by atoms with Crippen LogP contribution < -0.4 is 15.4 Å². The molecule has 0 radical (unpaired) electrons. The van der Waals surface area contributed by atoms with Gasteiger partial charge in [-0.05, 0) is 34.2 Å². The van der Waals surface area contributed by atoms with Gasteiger partial charge in [0, 0.05) is 6.92 Å². The maximum atomic E-state index is 11.6. The number of imide groups is 1. The Morgan fingerprint density at radius 3 is 2.83 bits per heavy atom. The molecule has 0 saturated heterocycles. The van der Waals surface area contributed by atoms with Gasteiger partial charge < -0.3 is 24.6 Å². The number of nitrogens with one attached hydrogen (secondary N) is 2. The van der Waals surface area contributed by atoms with E-state index < -0.39 is 29.3 Å². The highest BCUT2D eigenvalue weighted by molar-refractivity contribution is 5.94. The van der Waals surface area contributed by atoms with Crippen molar-refractivity contribution in [2.24, 2.45) is 0 Å². The summed E-state index contributed by atoms with van der Waals surface area (Å²) < 4.78 is 10.1. The Labute approximate surface area is 136 Å². The van der Waals surface area contributed by atoms with Crippen LogP contribution in [-0.4, -0.2) is 28.5 Å². The predicted molar refractivity (Wildman–Crippen MR) is 80.2 cm³/mol. The minimum absolute atomic E-state index is 0.111. The molecular weight excluding hydrogens is 320 g/mol. The van der Waals surface area contributed by atoms with Gasteiger partial charge in [-0.15, -0.1) is 0 Å². The molecule has 0 saturated carbocycles. The third kappa shape index (κ3) is 4.80. The number of rotatable bonds is 6. The lowest BCUT2D eigenvalue weighted by Crippen LogP contribution is -2.41. The zero-order valence-electron chi connectivity index (χ0n) is 12.6. The molecule has 10 heteroatoms. The number of urea groups is 1. The van der Waals surface area contributed by atoms with Gasteiger partial charge in [0.25, 0.3) is 5.91 Å². The van der Waals surface area contributed by atoms with Crippen LogP contribution in [0.2, 0.25) is 0 Å². The Bertz CT molecular complexity index is 744. The van der Waals surface area contributed by atoms with Crippen LogP contribution in [0.25, 0.3) is 0 Å². The van der Waals surface area contributed by atoms with Crippen LogP contribution in [0.1, 0.15) is 11.5 Å². The van der Waals surface area contributed by atoms with E-state index in [1.807, 2.05) is 5.32 Å². The Morgan fingerprint density at radius 2 is 2.17 bits per heavy atom. The number of amides is 3. The zero-order valence-corrected chi connectivity index (χ0v) is 12.6. The van der Waals surface area contributed by atoms with Crippen molar-refractivity contribution in [3.63, 3.8) is 0 Å². The minimum Gasteiger partial charge on any atom is -0.476 e. The van der Waals surface area contributed by atoms with Crippen LogP contribution in [0.3, 0.4) is 0 Å². The molecule has 10 nitrogen and oxygen atoms in total. The van der Waals surface area contributed by atoms with E-state index in [1.54, 1.807) is 19.1 Å². The summed E-state index contributed by atoms with van der Waals surface area (Å²) in [6, 6.07) is 5.43. The molecule has 0 aromatic carbocycles. The first-order valence-electron chi connectivity index (χ1n) is 6.80. The van der Waals surface area contributed by atoms with E-state index in [2.05, 4.69) is 10.3 Å². The Kier molecular flexibility index (Phi) is 5.45. The van der Waals surface area contributed by atoms with E-state index in [9.17, 15) is 19.7 Å². The number of carbonyl (C=O) groups excluding carboxylic acids is 2. The van der Waals surface area contributed by atoms with Crippen molar-refractivity contribution in [2.75, 3.05) is 6.61 Å². The SMILES string of the molecule is Cc1ccc(OCC(=O)NC(=O)NCc2ccco2)c([N+](=O)[O-])n1. The largest absolute Gasteiger partial charge is 0.476 e. The fourth-order valence-electron chi connectivity index (χ4n) is 1.70. The standard InChI is InChI=1S/C14H14N4O6/c1-9-4-5-11(13(16-9)18(21)22)24-8-12(19)17-14(20)15-7-10-3-2-6-23-10/h2-6H,7-8H2,1H3,(H2,15,17,19,20). The van der Waals surface area contributed by atoms with Crippen LogP contribution in [0, 0.1) is 17.0 Å². The van der Waals surface area contributed by atoms with E-state index in [-0.39, 0.29) is 12.3 Å². The summed E-state index contributed by atoms with van der Waals surface area (Å²) in [4.78, 5) is 37.0. The molecule has 0 aliphatic carbocycles. The number of hydrogen-bond acceptors (Lipinski definition) is 7. The molecular formula is C14H14N4O6. The van der Waals surface area contributed by atoms with Gasteiger partial charge in [0.2, 0.25) is 5.75 Å². The van der Waals surface area contributed by atoms with Gasteiger partial charge in [-0.1, -0.05) is 0 Å². The van der Waals surface area contributed by atoms with Gasteiger partial charge >= 0.3 is 11.8 Å². The number of pyridine rings is 1. The lowest BCUT2D eigenvalue weighted by atomic mass is 10.3. The first-order valence-corrected chi connectivity index (χ1v) is 6.80. The summed E-state index contributed by atoms with van der Waals surface area (Å²) >= 11 is 0. The molecule has 2 N–H and O–H groups in total. The lowest BCUT2D eigenvalue weighted by Gasteiger charge is -2.07. The Hall–Kier alpha value is -3.43. The smallest absolute Gasteiger partial charge is 0.406 e. The lowest BCUT2D eigenvalue weighted by molar-refractivity contribution is -0.390. The maximum Gasteiger partial charge on any atom is 0.406 e. The summed E-state index contributed by atoms with van der Waals surface area (Å²) in [6.45, 7) is 1.13. The molecule has 126 valence electrons. The van der Waals surface area contributed by atoms with E-state index >= 15 is 0 Å². The Morgan fingerprint density at radius 1 is 1.38 bits per heavy atom. The number of furan rings is 1. The predicted octanol–water partition coefficient (Wildman–Crippen LogP) is 1.30. The highest BCUT2D eigenvalue weighted by atomic mass is 16.6. The number of hydrogen-bond donors (Lipinski definition) is 2. The molecule has 24 heavy (non-hydrogen) atoms. The summed E-state index contributed by atoms with van der Waals surface area (Å²) in [5.74, 6) is -0.890. The van der Waals surface area contributed by atoms with Gasteiger partial charge in [-0.2, -0.15) is 0 Å². The second kappa shape index (κ2) is 7.72. The quantitative estimate of drug-likeness (QED) is 0.600. The second-order valence-electron chi connectivity index (χ2n) is 4.63. The van der Waals surface area contributed by atoms with E-state index in [4.69, 9.17) is 9.15 Å². The van der Waals surface area contributed by atoms with Crippen LogP contribution in [-0.2, 0) is 11.3 Å². The van der Waals surface area contributed by atoms with Gasteiger partial charge in [0.05, 0.1) is 12.8 Å². The van der Waals surface area contributed by atoms with Gasteiger partial charge in [-0.25, -0.2) is 4.79 Å². The molecule has 0 atom stereocenters.